The van der Waals surface area contributed by atoms with E-state index in [9.17, 15) is 9.59 Å². The molecule has 0 N–H and O–H groups in total. The van der Waals surface area contributed by atoms with Gasteiger partial charge in [-0.05, 0) is 24.5 Å². The standard InChI is InChI=1S/C13H14N2O2/c1-14-11-4-2-3-9(7-8-16)12(11)15(13(14)17)10-5-6-10/h2-4,8,10H,5-7H2,1H3. The fourth-order valence-electron chi connectivity index (χ4n) is 2.41. The Morgan fingerprint density at radius 2 is 2.18 bits per heavy atom. The van der Waals surface area contributed by atoms with Crippen molar-refractivity contribution in [2.75, 3.05) is 0 Å². The fourth-order valence-corrected chi connectivity index (χ4v) is 2.41. The van der Waals surface area contributed by atoms with Gasteiger partial charge in [0.1, 0.15) is 6.29 Å². The highest BCUT2D eigenvalue weighted by Crippen LogP contribution is 2.36. The first-order valence-electron chi connectivity index (χ1n) is 5.86. The van der Waals surface area contributed by atoms with Gasteiger partial charge >= 0.3 is 5.69 Å². The van der Waals surface area contributed by atoms with Crippen molar-refractivity contribution in [3.8, 4) is 0 Å². The minimum atomic E-state index is 0.0286. The van der Waals surface area contributed by atoms with Crippen molar-refractivity contribution in [2.45, 2.75) is 25.3 Å². The van der Waals surface area contributed by atoms with Gasteiger partial charge in [0.15, 0.2) is 0 Å². The molecule has 0 bridgehead atoms. The molecular formula is C13H14N2O2. The highest BCUT2D eigenvalue weighted by atomic mass is 16.1. The number of benzene rings is 1. The summed E-state index contributed by atoms with van der Waals surface area (Å²) in [6.07, 6.45) is 3.39. The van der Waals surface area contributed by atoms with E-state index in [-0.39, 0.29) is 5.69 Å². The largest absolute Gasteiger partial charge is 0.329 e. The maximum absolute atomic E-state index is 12.2. The van der Waals surface area contributed by atoms with Crippen LogP contribution in [0.3, 0.4) is 0 Å². The van der Waals surface area contributed by atoms with Gasteiger partial charge in [-0.1, -0.05) is 12.1 Å². The van der Waals surface area contributed by atoms with Gasteiger partial charge in [-0.2, -0.15) is 0 Å². The number of aromatic nitrogens is 2. The first-order valence-corrected chi connectivity index (χ1v) is 5.86. The molecule has 2 aromatic rings. The topological polar surface area (TPSA) is 44.0 Å². The van der Waals surface area contributed by atoms with Gasteiger partial charge in [0, 0.05) is 19.5 Å². The van der Waals surface area contributed by atoms with Crippen molar-refractivity contribution in [1.82, 2.24) is 9.13 Å². The number of carbonyl (C=O) groups excluding carboxylic acids is 1. The molecule has 88 valence electrons. The zero-order valence-corrected chi connectivity index (χ0v) is 9.72. The van der Waals surface area contributed by atoms with E-state index in [0.29, 0.717) is 12.5 Å². The molecule has 0 amide bonds. The molecule has 4 nitrogen and oxygen atoms in total. The molecule has 0 aliphatic heterocycles. The predicted octanol–water partition coefficient (Wildman–Crippen LogP) is 1.42. The SMILES string of the molecule is Cn1c(=O)n(C2CC2)c2c(CC=O)cccc21. The summed E-state index contributed by atoms with van der Waals surface area (Å²) < 4.78 is 3.52. The third kappa shape index (κ3) is 1.44. The quantitative estimate of drug-likeness (QED) is 0.748. The number of aryl methyl sites for hydroxylation is 1. The summed E-state index contributed by atoms with van der Waals surface area (Å²) in [5.74, 6) is 0. The van der Waals surface area contributed by atoms with Crippen LogP contribution in [0.2, 0.25) is 0 Å². The van der Waals surface area contributed by atoms with Crippen LogP contribution in [0.5, 0.6) is 0 Å². The Labute approximate surface area is 98.5 Å². The van der Waals surface area contributed by atoms with E-state index in [4.69, 9.17) is 0 Å². The maximum atomic E-state index is 12.2. The zero-order chi connectivity index (χ0) is 12.0. The number of para-hydroxylation sites is 1. The van der Waals surface area contributed by atoms with Gasteiger partial charge in [-0.25, -0.2) is 4.79 Å². The maximum Gasteiger partial charge on any atom is 0.329 e. The van der Waals surface area contributed by atoms with Gasteiger partial charge in [0.05, 0.1) is 11.0 Å². The molecular weight excluding hydrogens is 216 g/mol. The van der Waals surface area contributed by atoms with E-state index in [0.717, 1.165) is 35.7 Å². The highest BCUT2D eigenvalue weighted by Gasteiger charge is 2.29. The predicted molar refractivity (Wildman–Crippen MR) is 65.2 cm³/mol. The molecule has 1 aromatic heterocycles. The summed E-state index contributed by atoms with van der Waals surface area (Å²) >= 11 is 0. The molecule has 17 heavy (non-hydrogen) atoms. The summed E-state index contributed by atoms with van der Waals surface area (Å²) in [5.41, 5.74) is 2.83. The third-order valence-electron chi connectivity index (χ3n) is 3.41. The molecule has 0 radical (unpaired) electrons. The van der Waals surface area contributed by atoms with Crippen LogP contribution in [-0.4, -0.2) is 15.4 Å². The second kappa shape index (κ2) is 3.58. The molecule has 1 aromatic carbocycles. The second-order valence-corrected chi connectivity index (χ2v) is 4.60. The van der Waals surface area contributed by atoms with Crippen molar-refractivity contribution >= 4 is 17.3 Å². The van der Waals surface area contributed by atoms with Gasteiger partial charge in [0.2, 0.25) is 0 Å². The molecule has 1 aliphatic rings. The average molecular weight is 230 g/mol. The summed E-state index contributed by atoms with van der Waals surface area (Å²) in [5, 5.41) is 0. The Hall–Kier alpha value is -1.84. The van der Waals surface area contributed by atoms with Gasteiger partial charge < -0.3 is 4.79 Å². The van der Waals surface area contributed by atoms with Crippen LogP contribution in [0.1, 0.15) is 24.4 Å². The van der Waals surface area contributed by atoms with Crippen molar-refractivity contribution in [3.63, 3.8) is 0 Å². The molecule has 0 saturated heterocycles. The van der Waals surface area contributed by atoms with E-state index >= 15 is 0 Å². The number of rotatable bonds is 3. The first kappa shape index (κ1) is 10.3. The van der Waals surface area contributed by atoms with Gasteiger partial charge in [0.25, 0.3) is 0 Å². The lowest BCUT2D eigenvalue weighted by atomic mass is 10.1. The smallest absolute Gasteiger partial charge is 0.303 e. The molecule has 0 atom stereocenters. The number of nitrogens with zero attached hydrogens (tertiary/aromatic N) is 2. The number of carbonyl (C=O) groups is 1. The lowest BCUT2D eigenvalue weighted by Crippen LogP contribution is -2.21. The Morgan fingerprint density at radius 3 is 2.82 bits per heavy atom. The normalized spacial score (nSPS) is 15.4. The minimum Gasteiger partial charge on any atom is -0.303 e. The fraction of sp³-hybridized carbons (Fsp3) is 0.385. The number of aldehydes is 1. The van der Waals surface area contributed by atoms with Crippen LogP contribution in [0.4, 0.5) is 0 Å². The highest BCUT2D eigenvalue weighted by molar-refractivity contribution is 5.82. The van der Waals surface area contributed by atoms with Crippen molar-refractivity contribution < 1.29 is 4.79 Å². The van der Waals surface area contributed by atoms with E-state index in [1.807, 2.05) is 22.8 Å². The van der Waals surface area contributed by atoms with E-state index in [1.165, 1.54) is 0 Å². The van der Waals surface area contributed by atoms with Crippen LogP contribution in [0.15, 0.2) is 23.0 Å². The van der Waals surface area contributed by atoms with Gasteiger partial charge in [-0.15, -0.1) is 0 Å². The summed E-state index contributed by atoms with van der Waals surface area (Å²) in [6, 6.07) is 6.09. The molecule has 1 heterocycles. The monoisotopic (exact) mass is 230 g/mol. The average Bonchev–Trinajstić information content (AvgIpc) is 3.11. The molecule has 3 rings (SSSR count). The van der Waals surface area contributed by atoms with Crippen LogP contribution in [0, 0.1) is 0 Å². The molecule has 0 spiro atoms. The van der Waals surface area contributed by atoms with Crippen LogP contribution in [0.25, 0.3) is 11.0 Å². The third-order valence-corrected chi connectivity index (χ3v) is 3.41. The number of imidazole rings is 1. The molecule has 4 heteroatoms. The van der Waals surface area contributed by atoms with Crippen LogP contribution < -0.4 is 5.69 Å². The Balaban J connectivity index is 2.40. The summed E-state index contributed by atoms with van der Waals surface area (Å²) in [4.78, 5) is 22.9. The van der Waals surface area contributed by atoms with Crippen molar-refractivity contribution in [1.29, 1.82) is 0 Å². The molecule has 1 fully saturated rings. The van der Waals surface area contributed by atoms with E-state index in [2.05, 4.69) is 0 Å². The Bertz CT molecular complexity index is 647. The number of hydrogen-bond acceptors (Lipinski definition) is 2. The first-order chi connectivity index (χ1) is 8.24. The molecule has 1 saturated carbocycles. The molecule has 0 unspecified atom stereocenters. The number of hydrogen-bond donors (Lipinski definition) is 0. The van der Waals surface area contributed by atoms with Crippen molar-refractivity contribution in [3.05, 3.63) is 34.2 Å². The lowest BCUT2D eigenvalue weighted by Gasteiger charge is -2.04. The zero-order valence-electron chi connectivity index (χ0n) is 9.72. The van der Waals surface area contributed by atoms with Crippen LogP contribution in [-0.2, 0) is 18.3 Å². The minimum absolute atomic E-state index is 0.0286. The van der Waals surface area contributed by atoms with E-state index in [1.54, 1.807) is 11.6 Å². The van der Waals surface area contributed by atoms with Crippen LogP contribution >= 0.6 is 0 Å². The Morgan fingerprint density at radius 1 is 1.41 bits per heavy atom. The lowest BCUT2D eigenvalue weighted by molar-refractivity contribution is -0.107. The van der Waals surface area contributed by atoms with Gasteiger partial charge in [-0.3, -0.25) is 9.13 Å². The number of fused-ring (bicyclic) bond motifs is 1. The van der Waals surface area contributed by atoms with E-state index < -0.39 is 0 Å². The summed E-state index contributed by atoms with van der Waals surface area (Å²) in [6.45, 7) is 0. The molecule has 1 aliphatic carbocycles. The second-order valence-electron chi connectivity index (χ2n) is 4.60. The van der Waals surface area contributed by atoms with Crippen molar-refractivity contribution in [2.24, 2.45) is 7.05 Å². The Kier molecular flexibility index (Phi) is 2.18. The summed E-state index contributed by atoms with van der Waals surface area (Å²) in [7, 11) is 1.79.